The molecule has 0 aromatic heterocycles. The summed E-state index contributed by atoms with van der Waals surface area (Å²) in [5.74, 6) is 0.480. The largest absolute Gasteiger partial charge is 0.399 e. The number of rotatable bonds is 7. The van der Waals surface area contributed by atoms with Crippen molar-refractivity contribution >= 4 is 19.3 Å². The van der Waals surface area contributed by atoms with Gasteiger partial charge in [-0.3, -0.25) is 0 Å². The van der Waals surface area contributed by atoms with Crippen LogP contribution in [0, 0.1) is 0 Å². The van der Waals surface area contributed by atoms with E-state index in [4.69, 9.17) is 5.73 Å². The number of carbonyl (C=O) groups is 1. The molecule has 0 aliphatic heterocycles. The van der Waals surface area contributed by atoms with E-state index >= 15 is 0 Å². The third kappa shape index (κ3) is 4.19. The Labute approximate surface area is 110 Å². The Balaban J connectivity index is 2.86. The van der Waals surface area contributed by atoms with Gasteiger partial charge in [-0.2, -0.15) is 0 Å². The van der Waals surface area contributed by atoms with Gasteiger partial charge in [0.1, 0.15) is 0 Å². The summed E-state index contributed by atoms with van der Waals surface area (Å²) in [7, 11) is 1.47. The number of nitrogens with one attached hydrogen (secondary N) is 1. The van der Waals surface area contributed by atoms with Crippen molar-refractivity contribution in [2.24, 2.45) is 0 Å². The molecule has 3 N–H and O–H groups in total. The van der Waals surface area contributed by atoms with E-state index in [-0.39, 0.29) is 6.04 Å². The van der Waals surface area contributed by atoms with E-state index in [1.54, 1.807) is 0 Å². The van der Waals surface area contributed by atoms with Crippen LogP contribution in [0.3, 0.4) is 0 Å². The minimum atomic E-state index is 0.273. The van der Waals surface area contributed by atoms with E-state index in [1.807, 2.05) is 12.1 Å². The molecule has 1 atom stereocenters. The predicted molar refractivity (Wildman–Crippen MR) is 78.4 cm³/mol. The molecule has 97 valence electrons. The first kappa shape index (κ1) is 14.8. The maximum atomic E-state index is 10.4. The maximum Gasteiger partial charge on any atom is 0.290 e. The number of hydrogen-bond donors (Lipinski definition) is 2. The van der Waals surface area contributed by atoms with E-state index in [0.717, 1.165) is 24.7 Å². The highest BCUT2D eigenvalue weighted by molar-refractivity contribution is 6.64. The summed E-state index contributed by atoms with van der Waals surface area (Å²) in [6.07, 6.45) is 2.64. The van der Waals surface area contributed by atoms with Crippen LogP contribution in [0.5, 0.6) is 0 Å². The molecule has 18 heavy (non-hydrogen) atoms. The van der Waals surface area contributed by atoms with Gasteiger partial charge in [-0.1, -0.05) is 26.8 Å². The summed E-state index contributed by atoms with van der Waals surface area (Å²) < 4.78 is 0. The Bertz CT molecular complexity index is 393. The van der Waals surface area contributed by atoms with Crippen LogP contribution in [0.2, 0.25) is 0 Å². The fourth-order valence-corrected chi connectivity index (χ4v) is 2.13. The Morgan fingerprint density at radius 1 is 1.44 bits per heavy atom. The highest BCUT2D eigenvalue weighted by Crippen LogP contribution is 2.23. The molecule has 0 saturated carbocycles. The number of nitrogens with two attached hydrogens (primary N) is 1. The van der Waals surface area contributed by atoms with Crippen molar-refractivity contribution < 1.29 is 4.79 Å². The smallest absolute Gasteiger partial charge is 0.290 e. The van der Waals surface area contributed by atoms with Crippen LogP contribution in [0.4, 0.5) is 5.69 Å². The quantitative estimate of drug-likeness (QED) is 0.439. The fourth-order valence-electron chi connectivity index (χ4n) is 2.13. The topological polar surface area (TPSA) is 55.1 Å². The zero-order chi connectivity index (χ0) is 13.5. The summed E-state index contributed by atoms with van der Waals surface area (Å²) in [5.41, 5.74) is 9.25. The molecule has 0 bridgehead atoms. The highest BCUT2D eigenvalue weighted by Gasteiger charge is 2.12. The Morgan fingerprint density at radius 2 is 2.17 bits per heavy atom. The molecule has 1 rings (SSSR count). The standard InChI is InChI=1S/C14H22BN2O/c1-4-13(17-15-9-18)8-11-7-12(16)5-6-14(11)10(2)3/h5-7,9-10,13,17H,4,8,16H2,1-3H3/t13-/m1/s1. The summed E-state index contributed by atoms with van der Waals surface area (Å²) in [6.45, 7) is 6.47. The minimum absolute atomic E-state index is 0.273. The molecule has 0 fully saturated rings. The molecule has 0 aliphatic rings. The SMILES string of the molecule is CC[C@H](Cc1cc(N)ccc1C(C)C)N[B]C=O. The molecular weight excluding hydrogens is 223 g/mol. The van der Waals surface area contributed by atoms with Crippen molar-refractivity contribution in [1.82, 2.24) is 5.23 Å². The van der Waals surface area contributed by atoms with Gasteiger partial charge < -0.3 is 15.8 Å². The highest BCUT2D eigenvalue weighted by atomic mass is 16.1. The third-order valence-electron chi connectivity index (χ3n) is 3.15. The lowest BCUT2D eigenvalue weighted by Gasteiger charge is -2.19. The average Bonchev–Trinajstić information content (AvgIpc) is 2.34. The van der Waals surface area contributed by atoms with E-state index < -0.39 is 0 Å². The first-order chi connectivity index (χ1) is 8.58. The second kappa shape index (κ2) is 7.22. The van der Waals surface area contributed by atoms with Gasteiger partial charge in [-0.15, -0.1) is 0 Å². The molecule has 0 spiro atoms. The summed E-state index contributed by atoms with van der Waals surface area (Å²) in [5, 5.41) is 3.12. The van der Waals surface area contributed by atoms with Crippen LogP contribution in [-0.2, 0) is 11.2 Å². The van der Waals surface area contributed by atoms with Crippen molar-refractivity contribution in [3.05, 3.63) is 29.3 Å². The van der Waals surface area contributed by atoms with Crippen molar-refractivity contribution in [1.29, 1.82) is 0 Å². The predicted octanol–water partition coefficient (Wildman–Crippen LogP) is 2.11. The molecule has 0 aliphatic carbocycles. The van der Waals surface area contributed by atoms with Crippen molar-refractivity contribution in [3.63, 3.8) is 0 Å². The molecule has 0 heterocycles. The fraction of sp³-hybridized carbons (Fsp3) is 0.500. The molecule has 3 nitrogen and oxygen atoms in total. The molecular formula is C14H22BN2O. The summed E-state index contributed by atoms with van der Waals surface area (Å²) in [6, 6.07) is 6.37. The lowest BCUT2D eigenvalue weighted by Crippen LogP contribution is -2.34. The number of benzene rings is 1. The molecule has 1 radical (unpaired) electrons. The van der Waals surface area contributed by atoms with E-state index in [2.05, 4.69) is 32.1 Å². The molecule has 4 heteroatoms. The number of nitrogen functional groups attached to an aromatic ring is 1. The van der Waals surface area contributed by atoms with Gasteiger partial charge in [-0.25, -0.2) is 0 Å². The Hall–Kier alpha value is -1.29. The average molecular weight is 245 g/mol. The lowest BCUT2D eigenvalue weighted by molar-refractivity contribution is 0.562. The van der Waals surface area contributed by atoms with Gasteiger partial charge in [0.2, 0.25) is 0 Å². The minimum Gasteiger partial charge on any atom is -0.399 e. The van der Waals surface area contributed by atoms with Crippen LogP contribution in [0.25, 0.3) is 0 Å². The molecule has 0 saturated heterocycles. The van der Waals surface area contributed by atoms with Gasteiger partial charge >= 0.3 is 0 Å². The first-order valence-electron chi connectivity index (χ1n) is 6.49. The van der Waals surface area contributed by atoms with Crippen LogP contribution < -0.4 is 11.0 Å². The molecule has 1 aromatic rings. The maximum absolute atomic E-state index is 10.4. The van der Waals surface area contributed by atoms with Crippen molar-refractivity contribution in [2.45, 2.75) is 45.6 Å². The third-order valence-corrected chi connectivity index (χ3v) is 3.15. The monoisotopic (exact) mass is 245 g/mol. The van der Waals surface area contributed by atoms with Crippen LogP contribution in [-0.4, -0.2) is 19.6 Å². The van der Waals surface area contributed by atoms with Gasteiger partial charge in [0.25, 0.3) is 7.41 Å². The lowest BCUT2D eigenvalue weighted by atomic mass is 9.89. The zero-order valence-corrected chi connectivity index (χ0v) is 11.4. The van der Waals surface area contributed by atoms with Crippen molar-refractivity contribution in [3.8, 4) is 0 Å². The normalized spacial score (nSPS) is 12.4. The number of hydrogen-bond acceptors (Lipinski definition) is 3. The second-order valence-electron chi connectivity index (χ2n) is 4.89. The van der Waals surface area contributed by atoms with Gasteiger partial charge in [0, 0.05) is 11.7 Å². The van der Waals surface area contributed by atoms with E-state index in [1.165, 1.54) is 18.5 Å². The molecule has 0 unspecified atom stereocenters. The van der Waals surface area contributed by atoms with E-state index in [9.17, 15) is 4.79 Å². The second-order valence-corrected chi connectivity index (χ2v) is 4.89. The Morgan fingerprint density at radius 3 is 2.72 bits per heavy atom. The Kier molecular flexibility index (Phi) is 5.92. The summed E-state index contributed by atoms with van der Waals surface area (Å²) >= 11 is 0. The van der Waals surface area contributed by atoms with Gasteiger partial charge in [-0.05, 0) is 42.0 Å². The molecule has 1 aromatic carbocycles. The first-order valence-corrected chi connectivity index (χ1v) is 6.49. The number of anilines is 1. The van der Waals surface area contributed by atoms with Gasteiger partial charge in [0.15, 0.2) is 0 Å². The van der Waals surface area contributed by atoms with Crippen LogP contribution in [0.15, 0.2) is 18.2 Å². The van der Waals surface area contributed by atoms with Crippen molar-refractivity contribution in [2.75, 3.05) is 5.73 Å². The van der Waals surface area contributed by atoms with Gasteiger partial charge in [0.05, 0.1) is 6.19 Å². The van der Waals surface area contributed by atoms with Crippen LogP contribution >= 0.6 is 0 Å². The zero-order valence-electron chi connectivity index (χ0n) is 11.4. The van der Waals surface area contributed by atoms with Crippen LogP contribution in [0.1, 0.15) is 44.2 Å². The summed E-state index contributed by atoms with van der Waals surface area (Å²) in [4.78, 5) is 10.4. The molecule has 0 amide bonds. The number of carbonyl (C=O) groups excluding carboxylic acids is 1. The van der Waals surface area contributed by atoms with E-state index in [0.29, 0.717) is 5.92 Å².